The highest BCUT2D eigenvalue weighted by Gasteiger charge is 2.31. The van der Waals surface area contributed by atoms with Gasteiger partial charge in [-0.25, -0.2) is 4.39 Å². The first-order chi connectivity index (χ1) is 10.1. The van der Waals surface area contributed by atoms with E-state index >= 15 is 0 Å². The number of nitrogens with zero attached hydrogens (tertiary/aromatic N) is 1. The fourth-order valence-corrected chi connectivity index (χ4v) is 3.30. The molecular weight excluding hydrogens is 285 g/mol. The Hall–Kier alpha value is -1.39. The molecule has 1 saturated carbocycles. The molecular formula is C17H20FNOS. The quantitative estimate of drug-likeness (QED) is 0.884. The average molecular weight is 305 g/mol. The monoisotopic (exact) mass is 305 g/mol. The van der Waals surface area contributed by atoms with Gasteiger partial charge in [-0.05, 0) is 66.8 Å². The number of hydrogen-bond acceptors (Lipinski definition) is 3. The second kappa shape index (κ2) is 5.78. The number of aryl methyl sites for hydroxylation is 1. The minimum atomic E-state index is -0.668. The fraction of sp³-hybridized carbons (Fsp3) is 0.412. The summed E-state index contributed by atoms with van der Waals surface area (Å²) in [5, 5.41) is 14.2. The minimum absolute atomic E-state index is 0.249. The molecule has 112 valence electrons. The molecule has 1 atom stereocenters. The van der Waals surface area contributed by atoms with E-state index in [-0.39, 0.29) is 5.82 Å². The molecule has 1 fully saturated rings. The minimum Gasteiger partial charge on any atom is -0.389 e. The van der Waals surface area contributed by atoms with Crippen LogP contribution >= 0.6 is 11.3 Å². The number of aliphatic hydroxyl groups is 1. The summed E-state index contributed by atoms with van der Waals surface area (Å²) in [6.07, 6.45) is 1.67. The lowest BCUT2D eigenvalue weighted by Crippen LogP contribution is -2.26. The lowest BCUT2D eigenvalue weighted by molar-refractivity contribution is 0.199. The molecule has 1 unspecified atom stereocenters. The van der Waals surface area contributed by atoms with Crippen LogP contribution in [0.25, 0.3) is 0 Å². The number of anilines is 1. The van der Waals surface area contributed by atoms with Crippen molar-refractivity contribution in [3.63, 3.8) is 0 Å². The van der Waals surface area contributed by atoms with Gasteiger partial charge >= 0.3 is 0 Å². The van der Waals surface area contributed by atoms with Crippen molar-refractivity contribution in [1.29, 1.82) is 0 Å². The second-order valence-corrected chi connectivity index (χ2v) is 6.61. The van der Waals surface area contributed by atoms with Crippen LogP contribution in [0, 0.1) is 12.7 Å². The zero-order valence-corrected chi connectivity index (χ0v) is 13.2. The van der Waals surface area contributed by atoms with E-state index in [0.717, 1.165) is 12.2 Å². The lowest BCUT2D eigenvalue weighted by atomic mass is 10.0. The summed E-state index contributed by atoms with van der Waals surface area (Å²) >= 11 is 1.69. The molecule has 2 nitrogen and oxygen atoms in total. The van der Waals surface area contributed by atoms with Crippen molar-refractivity contribution in [1.82, 2.24) is 0 Å². The molecule has 21 heavy (non-hydrogen) atoms. The first-order valence-corrected chi connectivity index (χ1v) is 8.26. The number of benzene rings is 1. The molecule has 2 aromatic rings. The van der Waals surface area contributed by atoms with Crippen molar-refractivity contribution in [2.24, 2.45) is 0 Å². The zero-order valence-electron chi connectivity index (χ0n) is 12.3. The van der Waals surface area contributed by atoms with E-state index in [2.05, 4.69) is 21.7 Å². The Morgan fingerprint density at radius 2 is 2.19 bits per heavy atom. The number of thiophene rings is 1. The van der Waals surface area contributed by atoms with E-state index in [4.69, 9.17) is 0 Å². The summed E-state index contributed by atoms with van der Waals surface area (Å²) in [7, 11) is 0. The van der Waals surface area contributed by atoms with E-state index in [0.29, 0.717) is 17.2 Å². The number of aliphatic hydroxyl groups excluding tert-OH is 1. The Bertz CT molecular complexity index is 620. The summed E-state index contributed by atoms with van der Waals surface area (Å²) in [4.78, 5) is 2.32. The Balaban J connectivity index is 2.00. The van der Waals surface area contributed by atoms with E-state index < -0.39 is 6.10 Å². The van der Waals surface area contributed by atoms with E-state index in [1.54, 1.807) is 25.2 Å². The van der Waals surface area contributed by atoms with Gasteiger partial charge in [-0.15, -0.1) is 0 Å². The summed E-state index contributed by atoms with van der Waals surface area (Å²) in [6.45, 7) is 4.29. The number of halogens is 1. The maximum atomic E-state index is 13.8. The normalized spacial score (nSPS) is 16.0. The highest BCUT2D eigenvalue weighted by molar-refractivity contribution is 7.07. The molecule has 0 aliphatic heterocycles. The van der Waals surface area contributed by atoms with Crippen LogP contribution in [0.4, 0.5) is 10.1 Å². The number of hydrogen-bond donors (Lipinski definition) is 1. The fourth-order valence-electron chi connectivity index (χ4n) is 2.64. The standard InChI is InChI=1S/C17H20FNOS/c1-11-7-17(15(12(2)20)8-16(11)18)19(14-3-4-14)9-13-5-6-21-10-13/h5-8,10,12,14,20H,3-4,9H2,1-2H3. The van der Waals surface area contributed by atoms with Crippen LogP contribution < -0.4 is 4.90 Å². The van der Waals surface area contributed by atoms with Crippen LogP contribution in [0.3, 0.4) is 0 Å². The van der Waals surface area contributed by atoms with Crippen LogP contribution in [-0.4, -0.2) is 11.1 Å². The third-order valence-electron chi connectivity index (χ3n) is 3.99. The summed E-state index contributed by atoms with van der Waals surface area (Å²) in [5.41, 5.74) is 3.55. The van der Waals surface area contributed by atoms with Crippen molar-refractivity contribution in [3.8, 4) is 0 Å². The van der Waals surface area contributed by atoms with Gasteiger partial charge in [-0.1, -0.05) is 0 Å². The van der Waals surface area contributed by atoms with E-state index in [1.165, 1.54) is 24.5 Å². The lowest BCUT2D eigenvalue weighted by Gasteiger charge is -2.28. The van der Waals surface area contributed by atoms with Crippen LogP contribution in [-0.2, 0) is 6.54 Å². The third kappa shape index (κ3) is 3.11. The first-order valence-electron chi connectivity index (χ1n) is 7.32. The Morgan fingerprint density at radius 3 is 2.76 bits per heavy atom. The molecule has 1 aromatic carbocycles. The van der Waals surface area contributed by atoms with Crippen LogP contribution in [0.2, 0.25) is 0 Å². The van der Waals surface area contributed by atoms with Crippen molar-refractivity contribution >= 4 is 17.0 Å². The molecule has 1 heterocycles. The molecule has 0 bridgehead atoms. The Labute approximate surface area is 128 Å². The van der Waals surface area contributed by atoms with Crippen molar-refractivity contribution in [2.45, 2.75) is 45.4 Å². The largest absolute Gasteiger partial charge is 0.389 e. The molecule has 1 aliphatic rings. The average Bonchev–Trinajstić information content (AvgIpc) is 3.15. The second-order valence-electron chi connectivity index (χ2n) is 5.83. The van der Waals surface area contributed by atoms with E-state index in [1.807, 2.05) is 6.07 Å². The van der Waals surface area contributed by atoms with Crippen LogP contribution in [0.15, 0.2) is 29.0 Å². The summed E-state index contributed by atoms with van der Waals surface area (Å²) < 4.78 is 13.8. The Morgan fingerprint density at radius 1 is 1.43 bits per heavy atom. The highest BCUT2D eigenvalue weighted by atomic mass is 32.1. The van der Waals surface area contributed by atoms with Crippen molar-refractivity contribution < 1.29 is 9.50 Å². The summed E-state index contributed by atoms with van der Waals surface area (Å²) in [6, 6.07) is 5.99. The molecule has 1 N–H and O–H groups in total. The molecule has 0 amide bonds. The van der Waals surface area contributed by atoms with Crippen molar-refractivity contribution in [2.75, 3.05) is 4.90 Å². The van der Waals surface area contributed by atoms with Gasteiger partial charge in [0, 0.05) is 23.8 Å². The van der Waals surface area contributed by atoms with Gasteiger partial charge < -0.3 is 10.0 Å². The first kappa shape index (κ1) is 14.5. The van der Waals surface area contributed by atoms with Gasteiger partial charge in [-0.2, -0.15) is 11.3 Å². The summed E-state index contributed by atoms with van der Waals surface area (Å²) in [5.74, 6) is -0.249. The van der Waals surface area contributed by atoms with Gasteiger partial charge in [0.2, 0.25) is 0 Å². The highest BCUT2D eigenvalue weighted by Crippen LogP contribution is 2.38. The predicted octanol–water partition coefficient (Wildman–Crippen LogP) is 4.42. The van der Waals surface area contributed by atoms with Gasteiger partial charge in [0.15, 0.2) is 0 Å². The van der Waals surface area contributed by atoms with Gasteiger partial charge in [-0.3, -0.25) is 0 Å². The van der Waals surface area contributed by atoms with E-state index in [9.17, 15) is 9.50 Å². The Kier molecular flexibility index (Phi) is 4.00. The maximum absolute atomic E-state index is 13.8. The molecule has 0 spiro atoms. The predicted molar refractivity (Wildman–Crippen MR) is 85.3 cm³/mol. The molecule has 0 radical (unpaired) electrons. The molecule has 1 aliphatic carbocycles. The van der Waals surface area contributed by atoms with Gasteiger partial charge in [0.1, 0.15) is 5.82 Å². The molecule has 1 aromatic heterocycles. The smallest absolute Gasteiger partial charge is 0.126 e. The van der Waals surface area contributed by atoms with Gasteiger partial charge in [0.05, 0.1) is 6.10 Å². The third-order valence-corrected chi connectivity index (χ3v) is 4.72. The maximum Gasteiger partial charge on any atom is 0.126 e. The molecule has 3 rings (SSSR count). The zero-order chi connectivity index (χ0) is 15.0. The molecule has 0 saturated heterocycles. The number of rotatable bonds is 5. The van der Waals surface area contributed by atoms with Gasteiger partial charge in [0.25, 0.3) is 0 Å². The van der Waals surface area contributed by atoms with Crippen LogP contribution in [0.1, 0.15) is 42.6 Å². The van der Waals surface area contributed by atoms with Crippen LogP contribution in [0.5, 0.6) is 0 Å². The topological polar surface area (TPSA) is 23.5 Å². The molecule has 4 heteroatoms. The SMILES string of the molecule is Cc1cc(N(Cc2ccsc2)C2CC2)c(C(C)O)cc1F. The van der Waals surface area contributed by atoms with Crippen molar-refractivity contribution in [3.05, 3.63) is 51.5 Å².